The average Bonchev–Trinajstić information content (AvgIpc) is 2.67. The Morgan fingerprint density at radius 1 is 1.04 bits per heavy atom. The summed E-state index contributed by atoms with van der Waals surface area (Å²) in [5, 5.41) is 2.83. The Morgan fingerprint density at radius 3 is 2.68 bits per heavy atom. The van der Waals surface area contributed by atoms with E-state index in [0.717, 1.165) is 5.56 Å². The molecule has 0 saturated carbocycles. The van der Waals surface area contributed by atoms with E-state index in [-0.39, 0.29) is 5.91 Å². The summed E-state index contributed by atoms with van der Waals surface area (Å²) in [6.07, 6.45) is 3.17. The third kappa shape index (κ3) is 4.43. The molecule has 0 aliphatic rings. The van der Waals surface area contributed by atoms with E-state index >= 15 is 0 Å². The molecule has 25 heavy (non-hydrogen) atoms. The van der Waals surface area contributed by atoms with Gasteiger partial charge in [0, 0.05) is 29.7 Å². The molecule has 0 unspecified atom stereocenters. The number of nitrogens with one attached hydrogen (secondary N) is 1. The van der Waals surface area contributed by atoms with E-state index in [1.54, 1.807) is 24.4 Å². The van der Waals surface area contributed by atoms with Crippen molar-refractivity contribution in [2.75, 3.05) is 12.4 Å². The second kappa shape index (κ2) is 7.75. The number of anilines is 1. The number of pyridine rings is 2. The highest BCUT2D eigenvalue weighted by molar-refractivity contribution is 6.04. The number of hydrogen-bond donors (Lipinski definition) is 1. The van der Waals surface area contributed by atoms with Crippen LogP contribution in [0.1, 0.15) is 21.6 Å². The van der Waals surface area contributed by atoms with Crippen molar-refractivity contribution in [3.63, 3.8) is 0 Å². The highest BCUT2D eigenvalue weighted by Gasteiger charge is 2.07. The number of aromatic nitrogens is 2. The lowest BCUT2D eigenvalue weighted by Gasteiger charge is -2.06. The first-order valence-corrected chi connectivity index (χ1v) is 7.59. The van der Waals surface area contributed by atoms with E-state index in [2.05, 4.69) is 27.1 Å². The second-order valence-electron chi connectivity index (χ2n) is 5.09. The monoisotopic (exact) mass is 329 g/mol. The van der Waals surface area contributed by atoms with E-state index in [1.807, 2.05) is 36.4 Å². The summed E-state index contributed by atoms with van der Waals surface area (Å²) < 4.78 is 4.98. The molecule has 1 amide bonds. The molecule has 0 aliphatic heterocycles. The molecule has 1 aromatic carbocycles. The van der Waals surface area contributed by atoms with Crippen molar-refractivity contribution < 1.29 is 9.53 Å². The minimum absolute atomic E-state index is 0.245. The van der Waals surface area contributed by atoms with Crippen molar-refractivity contribution >= 4 is 11.6 Å². The fourth-order valence-electron chi connectivity index (χ4n) is 2.09. The summed E-state index contributed by atoms with van der Waals surface area (Å²) >= 11 is 0. The molecule has 3 aromatic rings. The molecule has 3 rings (SSSR count). The zero-order valence-corrected chi connectivity index (χ0v) is 13.6. The maximum atomic E-state index is 12.3. The number of hydrogen-bond acceptors (Lipinski definition) is 4. The smallest absolute Gasteiger partial charge is 0.257 e. The van der Waals surface area contributed by atoms with Crippen LogP contribution in [0.15, 0.2) is 67.0 Å². The fraction of sp³-hybridized carbons (Fsp3) is 0.0500. The first-order valence-electron chi connectivity index (χ1n) is 7.59. The topological polar surface area (TPSA) is 64.1 Å². The van der Waals surface area contributed by atoms with Crippen molar-refractivity contribution in [2.24, 2.45) is 0 Å². The van der Waals surface area contributed by atoms with Crippen molar-refractivity contribution in [1.29, 1.82) is 0 Å². The normalized spacial score (nSPS) is 9.64. The highest BCUT2D eigenvalue weighted by atomic mass is 16.5. The van der Waals surface area contributed by atoms with Gasteiger partial charge in [0.15, 0.2) is 0 Å². The van der Waals surface area contributed by atoms with Gasteiger partial charge in [0.2, 0.25) is 5.88 Å². The molecule has 0 radical (unpaired) electrons. The average molecular weight is 329 g/mol. The Balaban J connectivity index is 1.73. The van der Waals surface area contributed by atoms with Gasteiger partial charge in [0.25, 0.3) is 5.91 Å². The Bertz CT molecular complexity index is 926. The van der Waals surface area contributed by atoms with Crippen LogP contribution >= 0.6 is 0 Å². The lowest BCUT2D eigenvalue weighted by molar-refractivity contribution is 0.102. The van der Waals surface area contributed by atoms with Crippen LogP contribution in [-0.2, 0) is 0 Å². The van der Waals surface area contributed by atoms with Gasteiger partial charge in [0.1, 0.15) is 5.69 Å². The van der Waals surface area contributed by atoms with Crippen molar-refractivity contribution in [2.45, 2.75) is 0 Å². The summed E-state index contributed by atoms with van der Waals surface area (Å²) in [4.78, 5) is 20.5. The number of rotatable bonds is 3. The van der Waals surface area contributed by atoms with E-state index < -0.39 is 0 Å². The fourth-order valence-corrected chi connectivity index (χ4v) is 2.09. The molecule has 5 heteroatoms. The predicted molar refractivity (Wildman–Crippen MR) is 95.4 cm³/mol. The third-order valence-electron chi connectivity index (χ3n) is 3.33. The van der Waals surface area contributed by atoms with Crippen LogP contribution in [0.25, 0.3) is 0 Å². The van der Waals surface area contributed by atoms with Crippen LogP contribution in [0.5, 0.6) is 5.88 Å². The van der Waals surface area contributed by atoms with E-state index in [9.17, 15) is 4.79 Å². The largest absolute Gasteiger partial charge is 0.481 e. The first-order chi connectivity index (χ1) is 12.2. The number of ether oxygens (including phenoxy) is 1. The quantitative estimate of drug-likeness (QED) is 0.750. The molecule has 0 spiro atoms. The third-order valence-corrected chi connectivity index (χ3v) is 3.33. The first kappa shape index (κ1) is 16.2. The van der Waals surface area contributed by atoms with E-state index in [4.69, 9.17) is 4.74 Å². The molecule has 0 fully saturated rings. The SMILES string of the molecule is COc1ccc(C(=O)Nc2cccc(C#Cc3ccccn3)c2)cn1. The number of amides is 1. The van der Waals surface area contributed by atoms with Crippen LogP contribution in [0.3, 0.4) is 0 Å². The van der Waals surface area contributed by atoms with Gasteiger partial charge in [-0.05, 0) is 42.3 Å². The Morgan fingerprint density at radius 2 is 1.96 bits per heavy atom. The molecule has 0 atom stereocenters. The van der Waals surface area contributed by atoms with Crippen LogP contribution in [0, 0.1) is 11.8 Å². The van der Waals surface area contributed by atoms with E-state index in [1.165, 1.54) is 13.3 Å². The summed E-state index contributed by atoms with van der Waals surface area (Å²) in [6, 6.07) is 16.2. The minimum Gasteiger partial charge on any atom is -0.481 e. The molecule has 2 aromatic heterocycles. The summed E-state index contributed by atoms with van der Waals surface area (Å²) in [5.41, 5.74) is 2.59. The van der Waals surface area contributed by atoms with Gasteiger partial charge < -0.3 is 10.1 Å². The highest BCUT2D eigenvalue weighted by Crippen LogP contribution is 2.13. The summed E-state index contributed by atoms with van der Waals surface area (Å²) in [5.74, 6) is 6.24. The number of benzene rings is 1. The number of carbonyl (C=O) groups is 1. The van der Waals surface area contributed by atoms with Gasteiger partial charge in [-0.3, -0.25) is 4.79 Å². The predicted octanol–water partition coefficient (Wildman–Crippen LogP) is 3.14. The zero-order chi connectivity index (χ0) is 17.5. The minimum atomic E-state index is -0.245. The molecular formula is C20H15N3O2. The number of methoxy groups -OCH3 is 1. The zero-order valence-electron chi connectivity index (χ0n) is 13.6. The molecular weight excluding hydrogens is 314 g/mol. The van der Waals surface area contributed by atoms with Crippen LogP contribution < -0.4 is 10.1 Å². The van der Waals surface area contributed by atoms with Crippen molar-refractivity contribution in [3.8, 4) is 17.7 Å². The summed E-state index contributed by atoms with van der Waals surface area (Å²) in [6.45, 7) is 0. The Hall–Kier alpha value is -3.65. The lowest BCUT2D eigenvalue weighted by Crippen LogP contribution is -2.12. The number of carbonyl (C=O) groups excluding carboxylic acids is 1. The van der Waals surface area contributed by atoms with Gasteiger partial charge >= 0.3 is 0 Å². The van der Waals surface area contributed by atoms with Gasteiger partial charge in [-0.2, -0.15) is 0 Å². The van der Waals surface area contributed by atoms with Gasteiger partial charge in [0.05, 0.1) is 12.7 Å². The van der Waals surface area contributed by atoms with Gasteiger partial charge in [-0.1, -0.05) is 18.1 Å². The van der Waals surface area contributed by atoms with Crippen molar-refractivity contribution in [1.82, 2.24) is 9.97 Å². The maximum Gasteiger partial charge on any atom is 0.257 e. The number of nitrogens with zero attached hydrogens (tertiary/aromatic N) is 2. The summed E-state index contributed by atoms with van der Waals surface area (Å²) in [7, 11) is 1.53. The van der Waals surface area contributed by atoms with Gasteiger partial charge in [-0.15, -0.1) is 0 Å². The lowest BCUT2D eigenvalue weighted by atomic mass is 10.2. The van der Waals surface area contributed by atoms with Crippen LogP contribution in [0.4, 0.5) is 5.69 Å². The molecule has 0 aliphatic carbocycles. The molecule has 1 N–H and O–H groups in total. The maximum absolute atomic E-state index is 12.3. The Labute approximate surface area is 145 Å². The van der Waals surface area contributed by atoms with Gasteiger partial charge in [-0.25, -0.2) is 9.97 Å². The molecule has 122 valence electrons. The molecule has 0 bridgehead atoms. The van der Waals surface area contributed by atoms with E-state index in [0.29, 0.717) is 22.8 Å². The van der Waals surface area contributed by atoms with Crippen LogP contribution in [-0.4, -0.2) is 23.0 Å². The molecule has 5 nitrogen and oxygen atoms in total. The second-order valence-corrected chi connectivity index (χ2v) is 5.09. The molecule has 0 saturated heterocycles. The Kier molecular flexibility index (Phi) is 5.03. The van der Waals surface area contributed by atoms with Crippen LogP contribution in [0.2, 0.25) is 0 Å². The van der Waals surface area contributed by atoms with Crippen molar-refractivity contribution in [3.05, 3.63) is 83.8 Å². The standard InChI is InChI=1S/C20H15N3O2/c1-25-19-11-9-16(14-22-19)20(24)23-18-7-4-5-15(13-18)8-10-17-6-2-3-12-21-17/h2-7,9,11-14H,1H3,(H,23,24). The molecule has 2 heterocycles.